The van der Waals surface area contributed by atoms with Gasteiger partial charge >= 0.3 is 0 Å². The summed E-state index contributed by atoms with van der Waals surface area (Å²) < 4.78 is 5.24. The molecule has 1 rings (SSSR count). The predicted octanol–water partition coefficient (Wildman–Crippen LogP) is 3.32. The van der Waals surface area contributed by atoms with E-state index in [1.54, 1.807) is 24.3 Å². The van der Waals surface area contributed by atoms with Gasteiger partial charge in [0.25, 0.3) is 0 Å². The largest absolute Gasteiger partial charge is 0.481 e. The molecule has 2 heteroatoms. The number of hydrogen-bond donors (Lipinski definition) is 0. The van der Waals surface area contributed by atoms with Gasteiger partial charge in [-0.2, -0.15) is 0 Å². The fourth-order valence-corrected chi connectivity index (χ4v) is 1.45. The van der Waals surface area contributed by atoms with Crippen LogP contribution in [0.25, 0.3) is 0 Å². The third-order valence-corrected chi connectivity index (χ3v) is 2.19. The van der Waals surface area contributed by atoms with E-state index in [2.05, 4.69) is 26.7 Å². The molecule has 0 unspecified atom stereocenters. The van der Waals surface area contributed by atoms with Gasteiger partial charge in [-0.15, -0.1) is 6.42 Å². The number of benzene rings is 1. The van der Waals surface area contributed by atoms with Gasteiger partial charge < -0.3 is 4.74 Å². The summed E-state index contributed by atoms with van der Waals surface area (Å²) in [5, 5.41) is 0. The van der Waals surface area contributed by atoms with Gasteiger partial charge in [0.1, 0.15) is 12.4 Å². The fourth-order valence-electron chi connectivity index (χ4n) is 1.45. The second-order valence-corrected chi connectivity index (χ2v) is 5.18. The Hall–Kier alpha value is -1.75. The van der Waals surface area contributed by atoms with Crippen molar-refractivity contribution in [2.45, 2.75) is 27.2 Å². The van der Waals surface area contributed by atoms with Crippen molar-refractivity contribution in [3.8, 4) is 18.1 Å². The lowest BCUT2D eigenvalue weighted by molar-refractivity contribution is 0.0940. The van der Waals surface area contributed by atoms with Crippen LogP contribution in [0.5, 0.6) is 5.75 Å². The van der Waals surface area contributed by atoms with E-state index in [4.69, 9.17) is 11.2 Å². The number of ether oxygens (including phenoxy) is 1. The molecule has 0 aromatic heterocycles. The zero-order valence-electron chi connectivity index (χ0n) is 10.6. The Morgan fingerprint density at radius 1 is 1.29 bits per heavy atom. The molecule has 0 saturated heterocycles. The summed E-state index contributed by atoms with van der Waals surface area (Å²) in [4.78, 5) is 11.9. The third kappa shape index (κ3) is 4.74. The normalized spacial score (nSPS) is 10.7. The average Bonchev–Trinajstić information content (AvgIpc) is 2.24. The molecule has 0 aliphatic rings. The first-order valence-electron chi connectivity index (χ1n) is 5.62. The molecule has 0 atom stereocenters. The Labute approximate surface area is 103 Å². The lowest BCUT2D eigenvalue weighted by Crippen LogP contribution is -2.12. The quantitative estimate of drug-likeness (QED) is 0.586. The fraction of sp³-hybridized carbons (Fsp3) is 0.400. The van der Waals surface area contributed by atoms with Crippen molar-refractivity contribution in [2.24, 2.45) is 5.41 Å². The molecule has 1 aromatic carbocycles. The molecule has 0 aliphatic heterocycles. The van der Waals surface area contributed by atoms with E-state index < -0.39 is 0 Å². The summed E-state index contributed by atoms with van der Waals surface area (Å²) in [5.41, 5.74) is 0.725. The zero-order chi connectivity index (χ0) is 12.9. The number of carbonyl (C=O) groups excluding carboxylic acids is 1. The van der Waals surface area contributed by atoms with Gasteiger partial charge in [-0.1, -0.05) is 26.7 Å². The van der Waals surface area contributed by atoms with Crippen LogP contribution in [0.1, 0.15) is 37.6 Å². The van der Waals surface area contributed by atoms with Crippen LogP contribution in [0.3, 0.4) is 0 Å². The molecule has 1 aromatic rings. The number of carbonyl (C=O) groups is 1. The van der Waals surface area contributed by atoms with Crippen LogP contribution >= 0.6 is 0 Å². The van der Waals surface area contributed by atoms with Crippen LogP contribution in [0.15, 0.2) is 24.3 Å². The first kappa shape index (κ1) is 13.3. The van der Waals surface area contributed by atoms with E-state index >= 15 is 0 Å². The molecule has 90 valence electrons. The number of rotatable bonds is 4. The molecule has 0 fully saturated rings. The zero-order valence-corrected chi connectivity index (χ0v) is 10.6. The highest BCUT2D eigenvalue weighted by molar-refractivity contribution is 5.96. The molecule has 0 bridgehead atoms. The molecular weight excluding hydrogens is 212 g/mol. The van der Waals surface area contributed by atoms with E-state index in [9.17, 15) is 4.79 Å². The van der Waals surface area contributed by atoms with Crippen LogP contribution in [-0.4, -0.2) is 12.4 Å². The number of Topliss-reactive ketones (excluding diaryl/α,β-unsaturated/α-hetero) is 1. The highest BCUT2D eigenvalue weighted by Crippen LogP contribution is 2.22. The number of hydrogen-bond acceptors (Lipinski definition) is 2. The summed E-state index contributed by atoms with van der Waals surface area (Å²) in [6.45, 7) is 6.40. The average molecular weight is 230 g/mol. The van der Waals surface area contributed by atoms with Crippen molar-refractivity contribution >= 4 is 5.78 Å². The van der Waals surface area contributed by atoms with E-state index in [0.717, 1.165) is 0 Å². The Morgan fingerprint density at radius 3 is 2.35 bits per heavy atom. The van der Waals surface area contributed by atoms with Gasteiger partial charge in [0, 0.05) is 12.0 Å². The Balaban J connectivity index is 2.68. The highest BCUT2D eigenvalue weighted by Gasteiger charge is 2.17. The summed E-state index contributed by atoms with van der Waals surface area (Å²) in [6.07, 6.45) is 5.63. The van der Waals surface area contributed by atoms with Crippen LogP contribution in [0.2, 0.25) is 0 Å². The van der Waals surface area contributed by atoms with Crippen molar-refractivity contribution < 1.29 is 9.53 Å². The summed E-state index contributed by atoms with van der Waals surface area (Å²) in [5.74, 6) is 3.24. The van der Waals surface area contributed by atoms with Crippen molar-refractivity contribution in [1.29, 1.82) is 0 Å². The summed E-state index contributed by atoms with van der Waals surface area (Å²) >= 11 is 0. The number of terminal acetylenes is 1. The molecule has 17 heavy (non-hydrogen) atoms. The van der Waals surface area contributed by atoms with E-state index in [-0.39, 0.29) is 17.8 Å². The van der Waals surface area contributed by atoms with Gasteiger partial charge in [-0.3, -0.25) is 4.79 Å². The minimum Gasteiger partial charge on any atom is -0.481 e. The van der Waals surface area contributed by atoms with Crippen molar-refractivity contribution in [3.63, 3.8) is 0 Å². The van der Waals surface area contributed by atoms with Gasteiger partial charge in [-0.25, -0.2) is 0 Å². The van der Waals surface area contributed by atoms with E-state index in [1.807, 2.05) is 0 Å². The molecule has 0 amide bonds. The Kier molecular flexibility index (Phi) is 4.34. The van der Waals surface area contributed by atoms with Crippen LogP contribution < -0.4 is 4.74 Å². The van der Waals surface area contributed by atoms with Crippen molar-refractivity contribution in [2.75, 3.05) is 6.61 Å². The maximum Gasteiger partial charge on any atom is 0.163 e. The molecule has 0 saturated carbocycles. The second-order valence-electron chi connectivity index (χ2n) is 5.18. The molecule has 0 N–H and O–H groups in total. The standard InChI is InChI=1S/C15H18O2/c1-5-10-17-13-8-6-12(7-9-13)14(16)11-15(2,3)4/h1,6-9H,10-11H2,2-4H3. The van der Waals surface area contributed by atoms with Gasteiger partial charge in [0.05, 0.1) is 0 Å². The monoisotopic (exact) mass is 230 g/mol. The van der Waals surface area contributed by atoms with Crippen LogP contribution in [0, 0.1) is 17.8 Å². The van der Waals surface area contributed by atoms with Gasteiger partial charge in [-0.05, 0) is 29.7 Å². The first-order chi connectivity index (χ1) is 7.92. The maximum atomic E-state index is 11.9. The lowest BCUT2D eigenvalue weighted by Gasteiger charge is -2.16. The Morgan fingerprint density at radius 2 is 1.88 bits per heavy atom. The van der Waals surface area contributed by atoms with Crippen molar-refractivity contribution in [1.82, 2.24) is 0 Å². The molecule has 0 heterocycles. The highest BCUT2D eigenvalue weighted by atomic mass is 16.5. The van der Waals surface area contributed by atoms with E-state index in [1.165, 1.54) is 0 Å². The van der Waals surface area contributed by atoms with E-state index in [0.29, 0.717) is 17.7 Å². The summed E-state index contributed by atoms with van der Waals surface area (Å²) in [7, 11) is 0. The molecule has 0 spiro atoms. The Bertz CT molecular complexity index is 416. The minimum atomic E-state index is 0.00965. The van der Waals surface area contributed by atoms with Crippen molar-refractivity contribution in [3.05, 3.63) is 29.8 Å². The SMILES string of the molecule is C#CCOc1ccc(C(=O)CC(C)(C)C)cc1. The maximum absolute atomic E-state index is 11.9. The number of ketones is 1. The topological polar surface area (TPSA) is 26.3 Å². The third-order valence-electron chi connectivity index (χ3n) is 2.19. The minimum absolute atomic E-state index is 0.00965. The molecule has 2 nitrogen and oxygen atoms in total. The molecule has 0 aliphatic carbocycles. The van der Waals surface area contributed by atoms with Crippen LogP contribution in [-0.2, 0) is 0 Å². The molecule has 0 radical (unpaired) electrons. The first-order valence-corrected chi connectivity index (χ1v) is 5.62. The van der Waals surface area contributed by atoms with Gasteiger partial charge in [0.2, 0.25) is 0 Å². The summed E-state index contributed by atoms with van der Waals surface area (Å²) in [6, 6.07) is 7.10. The van der Waals surface area contributed by atoms with Crippen LogP contribution in [0.4, 0.5) is 0 Å². The lowest BCUT2D eigenvalue weighted by atomic mass is 9.88. The predicted molar refractivity (Wildman–Crippen MR) is 69.2 cm³/mol. The van der Waals surface area contributed by atoms with Gasteiger partial charge in [0.15, 0.2) is 5.78 Å². The second kappa shape index (κ2) is 5.54. The molecular formula is C15H18O2. The smallest absolute Gasteiger partial charge is 0.163 e.